The highest BCUT2D eigenvalue weighted by Crippen LogP contribution is 2.15. The number of carbonyl (C=O) groups is 1. The quantitative estimate of drug-likeness (QED) is 0.722. The first-order valence-electron chi connectivity index (χ1n) is 3.61. The van der Waals surface area contributed by atoms with E-state index in [1.165, 1.54) is 0 Å². The molecule has 1 heterocycles. The molecule has 1 saturated heterocycles. The van der Waals surface area contributed by atoms with Gasteiger partial charge >= 0.3 is 5.97 Å². The zero-order chi connectivity index (χ0) is 7.56. The second-order valence-corrected chi connectivity index (χ2v) is 2.92. The second-order valence-electron chi connectivity index (χ2n) is 2.92. The van der Waals surface area contributed by atoms with Crippen molar-refractivity contribution < 1.29 is 9.90 Å². The van der Waals surface area contributed by atoms with Crippen molar-refractivity contribution in [2.45, 2.75) is 12.8 Å². The Labute approximate surface area is 77.2 Å². The van der Waals surface area contributed by atoms with E-state index in [4.69, 9.17) is 5.11 Å². The van der Waals surface area contributed by atoms with E-state index in [-0.39, 0.29) is 22.9 Å². The van der Waals surface area contributed by atoms with Gasteiger partial charge in [-0.3, -0.25) is 4.79 Å². The number of hydrogen-bond donors (Lipinski definition) is 1. The minimum atomic E-state index is -0.631. The van der Waals surface area contributed by atoms with Gasteiger partial charge in [-0.25, -0.2) is 0 Å². The third kappa shape index (κ3) is 3.20. The summed E-state index contributed by atoms with van der Waals surface area (Å²) in [5.41, 5.74) is 0. The van der Waals surface area contributed by atoms with Crippen LogP contribution < -0.4 is 0 Å². The van der Waals surface area contributed by atoms with Crippen molar-refractivity contribution in [3.05, 3.63) is 0 Å². The maximum atomic E-state index is 10.4. The molecule has 1 rings (SSSR count). The zero-order valence-electron chi connectivity index (χ0n) is 6.62. The van der Waals surface area contributed by atoms with Gasteiger partial charge in [0.2, 0.25) is 0 Å². The fraction of sp³-hybridized carbons (Fsp3) is 0.857. The minimum Gasteiger partial charge on any atom is -0.481 e. The summed E-state index contributed by atoms with van der Waals surface area (Å²) in [6, 6.07) is 0. The molecule has 0 unspecified atom stereocenters. The third-order valence-corrected chi connectivity index (χ3v) is 2.07. The summed E-state index contributed by atoms with van der Waals surface area (Å²) in [5.74, 6) is -0.718. The van der Waals surface area contributed by atoms with E-state index < -0.39 is 5.97 Å². The Morgan fingerprint density at radius 3 is 2.27 bits per heavy atom. The second kappa shape index (κ2) is 4.72. The fourth-order valence-electron chi connectivity index (χ4n) is 1.26. The van der Waals surface area contributed by atoms with Crippen LogP contribution in [0.1, 0.15) is 12.8 Å². The van der Waals surface area contributed by atoms with E-state index in [2.05, 4.69) is 4.90 Å². The molecule has 0 bridgehead atoms. The van der Waals surface area contributed by atoms with Crippen LogP contribution >= 0.6 is 17.0 Å². The van der Waals surface area contributed by atoms with Crippen molar-refractivity contribution in [2.24, 2.45) is 5.92 Å². The lowest BCUT2D eigenvalue weighted by atomic mass is 9.98. The molecule has 1 aliphatic heterocycles. The molecule has 1 fully saturated rings. The molecule has 0 radical (unpaired) electrons. The lowest BCUT2D eigenvalue weighted by molar-refractivity contribution is -0.143. The molecule has 0 aromatic carbocycles. The highest BCUT2D eigenvalue weighted by atomic mass is 79.9. The topological polar surface area (TPSA) is 40.5 Å². The number of nitrogens with zero attached hydrogens (tertiary/aromatic N) is 1. The Morgan fingerprint density at radius 1 is 1.45 bits per heavy atom. The highest BCUT2D eigenvalue weighted by molar-refractivity contribution is 8.93. The van der Waals surface area contributed by atoms with Gasteiger partial charge in [0.15, 0.2) is 0 Å². The lowest BCUT2D eigenvalue weighted by Gasteiger charge is -2.25. The highest BCUT2D eigenvalue weighted by Gasteiger charge is 2.21. The molecule has 0 spiro atoms. The first kappa shape index (κ1) is 10.9. The van der Waals surface area contributed by atoms with Gasteiger partial charge in [0.05, 0.1) is 5.92 Å². The van der Waals surface area contributed by atoms with E-state index >= 15 is 0 Å². The Morgan fingerprint density at radius 2 is 1.91 bits per heavy atom. The first-order chi connectivity index (χ1) is 4.70. The number of carboxylic acid groups (broad SMARTS) is 1. The van der Waals surface area contributed by atoms with E-state index in [0.29, 0.717) is 0 Å². The van der Waals surface area contributed by atoms with Gasteiger partial charge < -0.3 is 10.0 Å². The summed E-state index contributed by atoms with van der Waals surface area (Å²) >= 11 is 0. The molecule has 1 aliphatic rings. The summed E-state index contributed by atoms with van der Waals surface area (Å²) in [7, 11) is 2.03. The van der Waals surface area contributed by atoms with Crippen molar-refractivity contribution in [2.75, 3.05) is 20.1 Å². The summed E-state index contributed by atoms with van der Waals surface area (Å²) in [6.07, 6.45) is 1.62. The zero-order valence-corrected chi connectivity index (χ0v) is 8.33. The van der Waals surface area contributed by atoms with Crippen molar-refractivity contribution in [3.63, 3.8) is 0 Å². The summed E-state index contributed by atoms with van der Waals surface area (Å²) in [5, 5.41) is 8.61. The number of piperidine rings is 1. The summed E-state index contributed by atoms with van der Waals surface area (Å²) in [4.78, 5) is 12.6. The monoisotopic (exact) mass is 223 g/mol. The van der Waals surface area contributed by atoms with Crippen LogP contribution in [0.2, 0.25) is 0 Å². The van der Waals surface area contributed by atoms with Crippen molar-refractivity contribution in [3.8, 4) is 0 Å². The van der Waals surface area contributed by atoms with Crippen LogP contribution in [0.25, 0.3) is 0 Å². The third-order valence-electron chi connectivity index (χ3n) is 2.07. The van der Waals surface area contributed by atoms with Gasteiger partial charge in [-0.1, -0.05) is 0 Å². The fourth-order valence-corrected chi connectivity index (χ4v) is 1.26. The Kier molecular flexibility index (Phi) is 4.68. The van der Waals surface area contributed by atoms with Crippen LogP contribution in [0.4, 0.5) is 0 Å². The van der Waals surface area contributed by atoms with E-state index in [0.717, 1.165) is 25.9 Å². The Hall–Kier alpha value is -0.0900. The molecule has 4 heteroatoms. The molecule has 11 heavy (non-hydrogen) atoms. The van der Waals surface area contributed by atoms with Crippen molar-refractivity contribution in [1.29, 1.82) is 0 Å². The molecule has 0 saturated carbocycles. The van der Waals surface area contributed by atoms with Gasteiger partial charge in [0.1, 0.15) is 0 Å². The Balaban J connectivity index is 0.000001000. The number of hydrogen-bond acceptors (Lipinski definition) is 2. The molecular formula is C7H14BrNO2. The average molecular weight is 224 g/mol. The molecule has 0 amide bonds. The lowest BCUT2D eigenvalue weighted by Crippen LogP contribution is -2.33. The largest absolute Gasteiger partial charge is 0.481 e. The number of rotatable bonds is 1. The van der Waals surface area contributed by atoms with Crippen molar-refractivity contribution in [1.82, 2.24) is 4.90 Å². The van der Waals surface area contributed by atoms with E-state index in [1.807, 2.05) is 7.05 Å². The number of halogens is 1. The van der Waals surface area contributed by atoms with E-state index in [9.17, 15) is 4.79 Å². The van der Waals surface area contributed by atoms with E-state index in [1.54, 1.807) is 0 Å². The van der Waals surface area contributed by atoms with Gasteiger partial charge in [-0.05, 0) is 33.0 Å². The van der Waals surface area contributed by atoms with Crippen molar-refractivity contribution >= 4 is 23.0 Å². The predicted octanol–water partition coefficient (Wildman–Crippen LogP) is 0.991. The minimum absolute atomic E-state index is 0. The Bertz CT molecular complexity index is 132. The summed E-state index contributed by atoms with van der Waals surface area (Å²) < 4.78 is 0. The maximum absolute atomic E-state index is 10.4. The van der Waals surface area contributed by atoms with Crippen LogP contribution in [0, 0.1) is 5.92 Å². The normalized spacial score (nSPS) is 20.8. The molecule has 0 aromatic rings. The molecule has 0 atom stereocenters. The molecule has 0 aromatic heterocycles. The number of aliphatic carboxylic acids is 1. The average Bonchev–Trinajstić information content (AvgIpc) is 1.88. The predicted molar refractivity (Wildman–Crippen MR) is 48.2 cm³/mol. The first-order valence-corrected chi connectivity index (χ1v) is 3.61. The number of likely N-dealkylation sites (tertiary alicyclic amines) is 1. The molecule has 3 nitrogen and oxygen atoms in total. The maximum Gasteiger partial charge on any atom is 0.306 e. The SMILES string of the molecule is Br.CN1CCC(C(=O)O)CC1. The molecule has 1 N–H and O–H groups in total. The van der Waals surface area contributed by atoms with Gasteiger partial charge in [-0.15, -0.1) is 17.0 Å². The van der Waals surface area contributed by atoms with Crippen LogP contribution in [0.5, 0.6) is 0 Å². The smallest absolute Gasteiger partial charge is 0.306 e. The molecule has 0 aliphatic carbocycles. The number of carboxylic acids is 1. The van der Waals surface area contributed by atoms with Crippen LogP contribution in [0.15, 0.2) is 0 Å². The molecular weight excluding hydrogens is 210 g/mol. The van der Waals surface area contributed by atoms with Gasteiger partial charge in [-0.2, -0.15) is 0 Å². The summed E-state index contributed by atoms with van der Waals surface area (Å²) in [6.45, 7) is 1.86. The standard InChI is InChI=1S/C7H13NO2.BrH/c1-8-4-2-6(3-5-8)7(9)10;/h6H,2-5H2,1H3,(H,9,10);1H. The van der Waals surface area contributed by atoms with Crippen LogP contribution in [0.3, 0.4) is 0 Å². The molecule has 66 valence electrons. The van der Waals surface area contributed by atoms with Crippen LogP contribution in [-0.4, -0.2) is 36.1 Å². The van der Waals surface area contributed by atoms with Crippen LogP contribution in [-0.2, 0) is 4.79 Å². The van der Waals surface area contributed by atoms with Gasteiger partial charge in [0.25, 0.3) is 0 Å². The van der Waals surface area contributed by atoms with Gasteiger partial charge in [0, 0.05) is 0 Å².